The summed E-state index contributed by atoms with van der Waals surface area (Å²) >= 11 is 0. The third-order valence-electron chi connectivity index (χ3n) is 6.71. The molecule has 0 spiro atoms. The van der Waals surface area contributed by atoms with Crippen LogP contribution < -0.4 is 0 Å². The van der Waals surface area contributed by atoms with Gasteiger partial charge in [0.05, 0.1) is 0 Å². The molecule has 0 saturated heterocycles. The first-order valence-electron chi connectivity index (χ1n) is 12.4. The van der Waals surface area contributed by atoms with E-state index in [1.807, 2.05) is 0 Å². The molecule has 0 amide bonds. The molecule has 2 aliphatic rings. The van der Waals surface area contributed by atoms with Gasteiger partial charge in [-0.1, -0.05) is 0 Å². The maximum atomic E-state index is 6.78. The first-order chi connectivity index (χ1) is 13.7. The summed E-state index contributed by atoms with van der Waals surface area (Å²) < 4.78 is 26.4. The van der Waals surface area contributed by atoms with Crippen LogP contribution in [0.1, 0.15) is 19.3 Å². The molecule has 10 heteroatoms. The Bertz CT molecular complexity index is 614. The Hall–Kier alpha value is 1.14. The molecule has 0 aliphatic heterocycles. The van der Waals surface area contributed by atoms with Crippen molar-refractivity contribution in [1.82, 2.24) is 0 Å². The minimum Gasteiger partial charge on any atom is -0.455 e. The molecular formula is C21H52O4Si6. The summed E-state index contributed by atoms with van der Waals surface area (Å²) in [5.74, 6) is 2.67. The molecule has 0 aromatic heterocycles. The Labute approximate surface area is 200 Å². The van der Waals surface area contributed by atoms with Crippen LogP contribution in [0.3, 0.4) is 0 Å². The zero-order valence-electron chi connectivity index (χ0n) is 22.8. The monoisotopic (exact) mass is 536 g/mol. The van der Waals surface area contributed by atoms with Gasteiger partial charge in [-0.05, 0) is 134 Å². The predicted octanol–water partition coefficient (Wildman–Crippen LogP) is 7.10. The molecular weight excluding hydrogens is 485 g/mol. The van der Waals surface area contributed by atoms with Crippen LogP contribution >= 0.6 is 0 Å². The summed E-state index contributed by atoms with van der Waals surface area (Å²) in [6.07, 6.45) is 4.27. The van der Waals surface area contributed by atoms with Gasteiger partial charge in [-0.25, -0.2) is 0 Å². The number of hydrogen-bond acceptors (Lipinski definition) is 4. The smallest absolute Gasteiger partial charge is 0.312 e. The van der Waals surface area contributed by atoms with Gasteiger partial charge >= 0.3 is 8.56 Å². The Morgan fingerprint density at radius 2 is 1.23 bits per heavy atom. The van der Waals surface area contributed by atoms with Gasteiger partial charge < -0.3 is 16.5 Å². The van der Waals surface area contributed by atoms with E-state index in [1.165, 1.54) is 25.3 Å². The highest BCUT2D eigenvalue weighted by atomic mass is 28.5. The predicted molar refractivity (Wildman–Crippen MR) is 149 cm³/mol. The van der Waals surface area contributed by atoms with Crippen LogP contribution in [0.25, 0.3) is 0 Å². The molecule has 2 rings (SSSR count). The molecule has 0 aromatic carbocycles. The highest BCUT2D eigenvalue weighted by Gasteiger charge is 2.54. The lowest BCUT2D eigenvalue weighted by molar-refractivity contribution is 0.320. The average molecular weight is 537 g/mol. The van der Waals surface area contributed by atoms with Crippen molar-refractivity contribution in [3.63, 3.8) is 0 Å². The van der Waals surface area contributed by atoms with E-state index in [9.17, 15) is 0 Å². The van der Waals surface area contributed by atoms with E-state index in [1.54, 1.807) is 0 Å². The second-order valence-corrected chi connectivity index (χ2v) is 37.6. The molecule has 0 N–H and O–H groups in total. The molecule has 5 unspecified atom stereocenters. The number of rotatable bonds is 11. The quantitative estimate of drug-likeness (QED) is 0.264. The maximum Gasteiger partial charge on any atom is 0.312 e. The lowest BCUT2D eigenvalue weighted by Crippen LogP contribution is -2.50. The van der Waals surface area contributed by atoms with Crippen molar-refractivity contribution in [2.45, 2.75) is 116 Å². The Morgan fingerprint density at radius 1 is 0.677 bits per heavy atom. The molecule has 184 valence electrons. The molecule has 2 fully saturated rings. The molecule has 2 saturated carbocycles. The van der Waals surface area contributed by atoms with E-state index < -0.39 is 51.1 Å². The van der Waals surface area contributed by atoms with Gasteiger partial charge in [-0.2, -0.15) is 0 Å². The molecule has 5 atom stereocenters. The topological polar surface area (TPSA) is 36.9 Å². The lowest BCUT2D eigenvalue weighted by Gasteiger charge is -2.42. The summed E-state index contributed by atoms with van der Waals surface area (Å²) in [6, 6.07) is 1.30. The van der Waals surface area contributed by atoms with Crippen LogP contribution in [0, 0.1) is 17.8 Å². The van der Waals surface area contributed by atoms with Crippen molar-refractivity contribution in [3.05, 3.63) is 0 Å². The minimum absolute atomic E-state index is 0.865. The van der Waals surface area contributed by atoms with Gasteiger partial charge in [-0.3, -0.25) is 0 Å². The highest BCUT2D eigenvalue weighted by molar-refractivity contribution is 6.86. The number of fused-ring (bicyclic) bond motifs is 2. The minimum atomic E-state index is -2.09. The van der Waals surface area contributed by atoms with Crippen LogP contribution in [0.15, 0.2) is 0 Å². The van der Waals surface area contributed by atoms with Gasteiger partial charge in [0, 0.05) is 0 Å². The third-order valence-corrected chi connectivity index (χ3v) is 27.2. The maximum absolute atomic E-state index is 6.78. The molecule has 0 heterocycles. The molecule has 2 aliphatic carbocycles. The molecule has 0 radical (unpaired) electrons. The number of hydrogen-bond donors (Lipinski definition) is 0. The largest absolute Gasteiger partial charge is 0.455 e. The van der Waals surface area contributed by atoms with Crippen molar-refractivity contribution in [2.24, 2.45) is 17.8 Å². The van der Waals surface area contributed by atoms with Crippen LogP contribution in [-0.4, -0.2) is 51.1 Å². The molecule has 0 aromatic rings. The van der Waals surface area contributed by atoms with Crippen LogP contribution in [0.5, 0.6) is 0 Å². The van der Waals surface area contributed by atoms with Crippen molar-refractivity contribution in [3.8, 4) is 0 Å². The summed E-state index contributed by atoms with van der Waals surface area (Å²) in [5.41, 5.74) is 0.869. The van der Waals surface area contributed by atoms with E-state index in [2.05, 4.69) is 85.1 Å². The summed E-state index contributed by atoms with van der Waals surface area (Å²) in [6.45, 7) is 30.2. The molecule has 4 nitrogen and oxygen atoms in total. The van der Waals surface area contributed by atoms with Crippen LogP contribution in [0.4, 0.5) is 0 Å². The fourth-order valence-corrected chi connectivity index (χ4v) is 32.0. The summed E-state index contributed by atoms with van der Waals surface area (Å²) in [5, 5.41) is 0. The van der Waals surface area contributed by atoms with Crippen molar-refractivity contribution < 1.29 is 16.5 Å². The van der Waals surface area contributed by atoms with Gasteiger partial charge in [0.25, 0.3) is 9.28 Å². The van der Waals surface area contributed by atoms with Crippen molar-refractivity contribution >= 4 is 51.1 Å². The lowest BCUT2D eigenvalue weighted by atomic mass is 9.90. The van der Waals surface area contributed by atoms with E-state index in [4.69, 9.17) is 16.5 Å². The first kappa shape index (κ1) is 28.4. The first-order valence-corrected chi connectivity index (χ1v) is 30.3. The fraction of sp³-hybridized carbons (Fsp3) is 1.00. The zero-order valence-corrected chi connectivity index (χ0v) is 29.0. The van der Waals surface area contributed by atoms with Gasteiger partial charge in [0.15, 0.2) is 33.3 Å². The van der Waals surface area contributed by atoms with E-state index >= 15 is 0 Å². The Morgan fingerprint density at radius 3 is 1.68 bits per heavy atom. The van der Waals surface area contributed by atoms with E-state index in [0.29, 0.717) is 0 Å². The molecule has 2 bridgehead atoms. The Balaban J connectivity index is 1.89. The summed E-state index contributed by atoms with van der Waals surface area (Å²) in [4.78, 5) is 0. The molecule has 31 heavy (non-hydrogen) atoms. The Kier molecular flexibility index (Phi) is 8.84. The van der Waals surface area contributed by atoms with Gasteiger partial charge in [0.2, 0.25) is 0 Å². The fourth-order valence-electron chi connectivity index (χ4n) is 6.67. The second kappa shape index (κ2) is 9.65. The van der Waals surface area contributed by atoms with E-state index in [0.717, 1.165) is 23.3 Å². The van der Waals surface area contributed by atoms with Crippen LogP contribution in [0.2, 0.25) is 96.7 Å². The van der Waals surface area contributed by atoms with Crippen molar-refractivity contribution in [1.29, 1.82) is 0 Å². The standard InChI is InChI=1S/C21H52O4Si6/c1-26(23-31(12,13)25-28(5,6)7)22-29(8,9)17-20-15-19-14-18(20)16-21(19)30(10,11)24-27(2,3)4/h18-21,26H,14-17H2,1-13H3. The second-order valence-electron chi connectivity index (χ2n) is 13.8. The SMILES string of the molecule is C[SiH](O[Si](C)(C)CC1CC2CC1CC2[Si](C)(C)O[Si](C)(C)C)O[Si](C)(C)O[Si](C)(C)C. The van der Waals surface area contributed by atoms with Crippen molar-refractivity contribution in [2.75, 3.05) is 0 Å². The van der Waals surface area contributed by atoms with Crippen LogP contribution in [-0.2, 0) is 16.5 Å². The third kappa shape index (κ3) is 9.02. The van der Waals surface area contributed by atoms with E-state index in [-0.39, 0.29) is 0 Å². The highest BCUT2D eigenvalue weighted by Crippen LogP contribution is 2.59. The van der Waals surface area contributed by atoms with Gasteiger partial charge in [0.1, 0.15) is 0 Å². The zero-order chi connectivity index (χ0) is 24.0. The average Bonchev–Trinajstić information content (AvgIpc) is 2.99. The summed E-state index contributed by atoms with van der Waals surface area (Å²) in [7, 11) is -10.1. The normalized spacial score (nSPS) is 28.9. The van der Waals surface area contributed by atoms with Gasteiger partial charge in [-0.15, -0.1) is 0 Å².